The lowest BCUT2D eigenvalue weighted by Crippen LogP contribution is -2.33. The Kier molecular flexibility index (Phi) is 6.46. The molecule has 0 unspecified atom stereocenters. The second-order valence-electron chi connectivity index (χ2n) is 5.42. The molecule has 130 valence electrons. The Hall–Kier alpha value is -2.03. The summed E-state index contributed by atoms with van der Waals surface area (Å²) in [5.41, 5.74) is 10.5. The smallest absolute Gasteiger partial charge is 0.261 e. The number of anilines is 1. The van der Waals surface area contributed by atoms with E-state index in [9.17, 15) is 8.42 Å². The summed E-state index contributed by atoms with van der Waals surface area (Å²) in [5.74, 6) is 0. The third kappa shape index (κ3) is 4.75. The van der Waals surface area contributed by atoms with Crippen molar-refractivity contribution in [3.05, 3.63) is 80.3 Å². The predicted molar refractivity (Wildman–Crippen MR) is 108 cm³/mol. The topological polar surface area (TPSA) is 86.1 Å². The Morgan fingerprint density at radius 1 is 1.24 bits per heavy atom. The molecule has 8 heteroatoms. The first kappa shape index (κ1) is 19.3. The average Bonchev–Trinajstić information content (AvgIpc) is 2.59. The van der Waals surface area contributed by atoms with Crippen molar-refractivity contribution in [2.75, 3.05) is 17.4 Å². The molecular formula is C17H17IN4O2S. The van der Waals surface area contributed by atoms with E-state index in [4.69, 9.17) is 5.53 Å². The van der Waals surface area contributed by atoms with Gasteiger partial charge >= 0.3 is 0 Å². The number of hydrogen-bond donors (Lipinski definition) is 0. The third-order valence-electron chi connectivity index (χ3n) is 3.45. The van der Waals surface area contributed by atoms with Crippen LogP contribution in [0.3, 0.4) is 0 Å². The zero-order valence-electron chi connectivity index (χ0n) is 13.6. The molecule has 2 aromatic carbocycles. The maximum Gasteiger partial charge on any atom is 0.264 e. The highest BCUT2D eigenvalue weighted by Crippen LogP contribution is 2.29. The van der Waals surface area contributed by atoms with Gasteiger partial charge in [-0.3, -0.25) is 4.31 Å². The van der Waals surface area contributed by atoms with E-state index in [0.717, 1.165) is 9.13 Å². The van der Waals surface area contributed by atoms with Crippen molar-refractivity contribution < 1.29 is 8.42 Å². The first-order chi connectivity index (χ1) is 11.9. The fourth-order valence-corrected chi connectivity index (χ4v) is 4.52. The monoisotopic (exact) mass is 468 g/mol. The SMILES string of the molecule is C=C(CN=[N+]=[N-])CN(c1ccccc1I)S(=O)(=O)c1ccc(C)cc1. The summed E-state index contributed by atoms with van der Waals surface area (Å²) in [4.78, 5) is 2.90. The van der Waals surface area contributed by atoms with E-state index in [1.165, 1.54) is 4.31 Å². The Morgan fingerprint density at radius 3 is 2.48 bits per heavy atom. The molecule has 0 atom stereocenters. The molecule has 0 aromatic heterocycles. The number of hydrogen-bond acceptors (Lipinski definition) is 3. The van der Waals surface area contributed by atoms with Crippen LogP contribution in [0.1, 0.15) is 5.56 Å². The number of halogens is 1. The molecule has 0 aliphatic rings. The summed E-state index contributed by atoms with van der Waals surface area (Å²) >= 11 is 2.10. The number of sulfonamides is 1. The van der Waals surface area contributed by atoms with Crippen molar-refractivity contribution >= 4 is 38.3 Å². The highest BCUT2D eigenvalue weighted by molar-refractivity contribution is 14.1. The van der Waals surface area contributed by atoms with Crippen LogP contribution in [0.2, 0.25) is 0 Å². The van der Waals surface area contributed by atoms with Crippen molar-refractivity contribution in [1.29, 1.82) is 0 Å². The van der Waals surface area contributed by atoms with Gasteiger partial charge in [-0.2, -0.15) is 0 Å². The Morgan fingerprint density at radius 2 is 1.88 bits per heavy atom. The molecule has 0 N–H and O–H groups in total. The average molecular weight is 468 g/mol. The van der Waals surface area contributed by atoms with E-state index in [1.54, 1.807) is 36.4 Å². The van der Waals surface area contributed by atoms with E-state index in [1.807, 2.05) is 19.1 Å². The third-order valence-corrected chi connectivity index (χ3v) is 6.14. The highest BCUT2D eigenvalue weighted by atomic mass is 127. The maximum absolute atomic E-state index is 13.2. The van der Waals surface area contributed by atoms with E-state index in [2.05, 4.69) is 39.2 Å². The second kappa shape index (κ2) is 8.37. The van der Waals surface area contributed by atoms with Crippen molar-refractivity contribution in [3.8, 4) is 0 Å². The minimum atomic E-state index is -3.78. The first-order valence-corrected chi connectivity index (χ1v) is 9.89. The lowest BCUT2D eigenvalue weighted by atomic mass is 10.2. The molecule has 0 saturated carbocycles. The highest BCUT2D eigenvalue weighted by Gasteiger charge is 2.26. The minimum Gasteiger partial charge on any atom is -0.261 e. The van der Waals surface area contributed by atoms with Crippen LogP contribution in [0.25, 0.3) is 10.4 Å². The van der Waals surface area contributed by atoms with Crippen LogP contribution < -0.4 is 4.31 Å². The molecule has 0 bridgehead atoms. The molecular weight excluding hydrogens is 451 g/mol. The molecule has 0 spiro atoms. The van der Waals surface area contributed by atoms with E-state index < -0.39 is 10.0 Å². The van der Waals surface area contributed by atoms with Crippen LogP contribution in [0, 0.1) is 10.5 Å². The Bertz CT molecular complexity index is 920. The fourth-order valence-electron chi connectivity index (χ4n) is 2.18. The van der Waals surface area contributed by atoms with Crippen LogP contribution in [0.15, 0.2) is 70.7 Å². The van der Waals surface area contributed by atoms with Gasteiger partial charge < -0.3 is 0 Å². The van der Waals surface area contributed by atoms with Gasteiger partial charge in [-0.15, -0.1) is 0 Å². The zero-order chi connectivity index (χ0) is 18.4. The number of benzene rings is 2. The van der Waals surface area contributed by atoms with Crippen molar-refractivity contribution in [2.45, 2.75) is 11.8 Å². The molecule has 25 heavy (non-hydrogen) atoms. The maximum atomic E-state index is 13.2. The van der Waals surface area contributed by atoms with Gasteiger partial charge in [0.05, 0.1) is 17.1 Å². The van der Waals surface area contributed by atoms with Gasteiger partial charge in [0.15, 0.2) is 0 Å². The second-order valence-corrected chi connectivity index (χ2v) is 8.44. The van der Waals surface area contributed by atoms with Gasteiger partial charge in [-0.1, -0.05) is 47.1 Å². The number of nitrogens with zero attached hydrogens (tertiary/aromatic N) is 4. The van der Waals surface area contributed by atoms with Gasteiger partial charge in [-0.25, -0.2) is 8.42 Å². The van der Waals surface area contributed by atoms with Crippen LogP contribution in [-0.4, -0.2) is 21.5 Å². The summed E-state index contributed by atoms with van der Waals surface area (Å²) < 4.78 is 28.5. The molecule has 2 aromatic rings. The van der Waals surface area contributed by atoms with Crippen molar-refractivity contribution in [2.24, 2.45) is 5.11 Å². The summed E-state index contributed by atoms with van der Waals surface area (Å²) in [6.45, 7) is 5.81. The number of azide groups is 1. The van der Waals surface area contributed by atoms with Crippen LogP contribution in [0.5, 0.6) is 0 Å². The molecule has 0 fully saturated rings. The quantitative estimate of drug-likeness (QED) is 0.195. The standard InChI is InChI=1S/C17H17IN4O2S/c1-13-7-9-15(10-8-13)25(23,24)22(12-14(2)11-20-21-19)17-6-4-3-5-16(17)18/h3-10H,2,11-12H2,1H3. The first-order valence-electron chi connectivity index (χ1n) is 7.37. The molecule has 0 aliphatic heterocycles. The molecule has 0 amide bonds. The molecule has 2 rings (SSSR count). The lowest BCUT2D eigenvalue weighted by Gasteiger charge is -2.26. The fraction of sp³-hybridized carbons (Fsp3) is 0.176. The minimum absolute atomic E-state index is 0.0369. The largest absolute Gasteiger partial charge is 0.264 e. The van der Waals surface area contributed by atoms with Gasteiger partial charge in [0, 0.05) is 15.0 Å². The van der Waals surface area contributed by atoms with Gasteiger partial charge in [0.1, 0.15) is 0 Å². The van der Waals surface area contributed by atoms with Crippen LogP contribution in [0.4, 0.5) is 5.69 Å². The van der Waals surface area contributed by atoms with E-state index >= 15 is 0 Å². The molecule has 0 saturated heterocycles. The Labute approximate surface area is 161 Å². The lowest BCUT2D eigenvalue weighted by molar-refractivity contribution is 0.592. The Balaban J connectivity index is 2.50. The van der Waals surface area contributed by atoms with Crippen LogP contribution >= 0.6 is 22.6 Å². The van der Waals surface area contributed by atoms with Gasteiger partial charge in [0.25, 0.3) is 10.0 Å². The summed E-state index contributed by atoms with van der Waals surface area (Å²) in [6.07, 6.45) is 0. The van der Waals surface area contributed by atoms with E-state index in [-0.39, 0.29) is 18.0 Å². The van der Waals surface area contributed by atoms with E-state index in [0.29, 0.717) is 11.3 Å². The summed E-state index contributed by atoms with van der Waals surface area (Å²) in [7, 11) is -3.78. The molecule has 0 aliphatic carbocycles. The van der Waals surface area contributed by atoms with Gasteiger partial charge in [0.2, 0.25) is 0 Å². The predicted octanol–water partition coefficient (Wildman–Crippen LogP) is 4.66. The number of aryl methyl sites for hydroxylation is 1. The normalized spacial score (nSPS) is 10.8. The van der Waals surface area contributed by atoms with Crippen molar-refractivity contribution in [3.63, 3.8) is 0 Å². The van der Waals surface area contributed by atoms with Crippen molar-refractivity contribution in [1.82, 2.24) is 0 Å². The zero-order valence-corrected chi connectivity index (χ0v) is 16.6. The molecule has 0 radical (unpaired) electrons. The number of para-hydroxylation sites is 1. The number of rotatable bonds is 7. The molecule has 0 heterocycles. The summed E-state index contributed by atoms with van der Waals surface area (Å²) in [5, 5.41) is 3.46. The van der Waals surface area contributed by atoms with Gasteiger partial charge in [-0.05, 0) is 59.3 Å². The molecule has 6 nitrogen and oxygen atoms in total. The van der Waals surface area contributed by atoms with Crippen LogP contribution in [-0.2, 0) is 10.0 Å². The summed E-state index contributed by atoms with van der Waals surface area (Å²) in [6, 6.07) is 13.9.